The summed E-state index contributed by atoms with van der Waals surface area (Å²) in [7, 11) is 0. The Morgan fingerprint density at radius 3 is 2.28 bits per heavy atom. The predicted molar refractivity (Wildman–Crippen MR) is 183 cm³/mol. The van der Waals surface area contributed by atoms with E-state index in [9.17, 15) is 0 Å². The van der Waals surface area contributed by atoms with Gasteiger partial charge in [0.15, 0.2) is 5.65 Å². The topological polar surface area (TPSA) is 61.1 Å². The van der Waals surface area contributed by atoms with Crippen LogP contribution in [-0.2, 0) is 20.1 Å². The van der Waals surface area contributed by atoms with E-state index in [0.29, 0.717) is 22.5 Å². The minimum atomic E-state index is 0. The molecule has 225 valence electrons. The Kier molecular flexibility index (Phi) is 8.12. The van der Waals surface area contributed by atoms with Gasteiger partial charge in [0, 0.05) is 60.2 Å². The molecular formula is C40H23IrN5O-2. The van der Waals surface area contributed by atoms with Gasteiger partial charge in [-0.05, 0) is 36.0 Å². The van der Waals surface area contributed by atoms with Gasteiger partial charge in [-0.3, -0.25) is 19.4 Å². The molecule has 0 unspecified atom stereocenters. The van der Waals surface area contributed by atoms with E-state index in [1.807, 2.05) is 103 Å². The molecule has 1 radical (unpaired) electrons. The minimum absolute atomic E-state index is 0. The normalized spacial score (nSPS) is 10.8. The second-order valence-corrected chi connectivity index (χ2v) is 10.6. The Bertz CT molecular complexity index is 2500. The number of hydrogen-bond acceptors (Lipinski definition) is 4. The van der Waals surface area contributed by atoms with Gasteiger partial charge in [-0.25, -0.2) is 0 Å². The number of para-hydroxylation sites is 3. The van der Waals surface area contributed by atoms with Gasteiger partial charge in [0.1, 0.15) is 16.8 Å². The second-order valence-electron chi connectivity index (χ2n) is 10.6. The van der Waals surface area contributed by atoms with Gasteiger partial charge < -0.3 is 9.40 Å². The van der Waals surface area contributed by atoms with E-state index in [0.717, 1.165) is 55.4 Å². The van der Waals surface area contributed by atoms with Crippen LogP contribution in [0.5, 0.6) is 0 Å². The summed E-state index contributed by atoms with van der Waals surface area (Å²) in [5, 5.41) is 2.87. The molecule has 0 fully saturated rings. The summed E-state index contributed by atoms with van der Waals surface area (Å²) in [6.07, 6.45) is 3.53. The van der Waals surface area contributed by atoms with E-state index < -0.39 is 0 Å². The molecule has 0 atom stereocenters. The third-order valence-electron chi connectivity index (χ3n) is 7.80. The molecule has 7 heteroatoms. The maximum absolute atomic E-state index is 7.61. The molecule has 0 aliphatic heterocycles. The van der Waals surface area contributed by atoms with Gasteiger partial charge in [0.05, 0.1) is 12.1 Å². The van der Waals surface area contributed by atoms with E-state index in [-0.39, 0.29) is 20.1 Å². The standard InChI is InChI=1S/C29H15N4O.C11H8N.Ir/c1-30-18-15-22-20-11-6-8-14-26(20)34-28(22)23(16-18)24-17-31-27-21-12-5-7-13-25(21)33(29(27)32-24)19-9-3-2-4-10-19;1-2-6-10(7-3-1)11-8-4-5-9-12-11;/h2-15,17H;1-6,8-9H;/q2*-1;. The minimum Gasteiger partial charge on any atom is -0.501 e. The van der Waals surface area contributed by atoms with Crippen molar-refractivity contribution < 1.29 is 24.5 Å². The fourth-order valence-corrected chi connectivity index (χ4v) is 5.73. The molecule has 0 aliphatic rings. The molecule has 0 saturated heterocycles. The van der Waals surface area contributed by atoms with Crippen molar-refractivity contribution in [2.75, 3.05) is 0 Å². The first-order chi connectivity index (χ1) is 22.8. The van der Waals surface area contributed by atoms with Gasteiger partial charge in [-0.15, -0.1) is 48.0 Å². The average molecular weight is 782 g/mol. The van der Waals surface area contributed by atoms with Gasteiger partial charge in [0.2, 0.25) is 0 Å². The number of rotatable bonds is 3. The van der Waals surface area contributed by atoms with Gasteiger partial charge in [-0.1, -0.05) is 77.7 Å². The Morgan fingerprint density at radius 2 is 1.49 bits per heavy atom. The number of hydrogen-bond donors (Lipinski definition) is 0. The van der Waals surface area contributed by atoms with Crippen molar-refractivity contribution >= 4 is 49.7 Å². The Balaban J connectivity index is 0.000000228. The maximum atomic E-state index is 7.61. The molecule has 9 aromatic rings. The molecule has 6 nitrogen and oxygen atoms in total. The quantitative estimate of drug-likeness (QED) is 0.168. The number of aromatic nitrogens is 4. The zero-order valence-corrected chi connectivity index (χ0v) is 27.2. The first-order valence-electron chi connectivity index (χ1n) is 14.7. The van der Waals surface area contributed by atoms with E-state index in [1.54, 1.807) is 12.4 Å². The van der Waals surface area contributed by atoms with E-state index >= 15 is 0 Å². The van der Waals surface area contributed by atoms with Gasteiger partial charge in [0.25, 0.3) is 0 Å². The van der Waals surface area contributed by atoms with Crippen LogP contribution in [0.25, 0.3) is 77.1 Å². The second kappa shape index (κ2) is 12.8. The van der Waals surface area contributed by atoms with E-state index in [2.05, 4.69) is 50.8 Å². The van der Waals surface area contributed by atoms with Crippen LogP contribution in [0.4, 0.5) is 5.69 Å². The number of furan rings is 1. The van der Waals surface area contributed by atoms with Gasteiger partial charge >= 0.3 is 0 Å². The van der Waals surface area contributed by atoms with Crippen LogP contribution in [0.1, 0.15) is 0 Å². The smallest absolute Gasteiger partial charge is 0.155 e. The predicted octanol–water partition coefficient (Wildman–Crippen LogP) is 10.0. The summed E-state index contributed by atoms with van der Waals surface area (Å²) >= 11 is 0. The SMILES string of the molecule is [C-]#[N+]c1[c-]c(-c2cnc3c4ccccc4n(-c4ccccc4)c3n2)c2oc3ccccc3c2c1.[Ir].[c-]1ccccc1-c1ccccn1. The van der Waals surface area contributed by atoms with Crippen molar-refractivity contribution in [3.63, 3.8) is 0 Å². The van der Waals surface area contributed by atoms with Crippen LogP contribution >= 0.6 is 0 Å². The summed E-state index contributed by atoms with van der Waals surface area (Å²) in [5.41, 5.74) is 8.71. The van der Waals surface area contributed by atoms with Crippen molar-refractivity contribution in [2.24, 2.45) is 0 Å². The zero-order chi connectivity index (χ0) is 30.9. The number of benzene rings is 5. The molecule has 9 rings (SSSR count). The molecule has 4 heterocycles. The van der Waals surface area contributed by atoms with Gasteiger partial charge in [-0.2, -0.15) is 0 Å². The number of nitrogens with zero attached hydrogens (tertiary/aromatic N) is 5. The molecule has 4 aromatic heterocycles. The summed E-state index contributed by atoms with van der Waals surface area (Å²) in [6, 6.07) is 48.0. The number of fused-ring (bicyclic) bond motifs is 6. The van der Waals surface area contributed by atoms with E-state index in [1.165, 1.54) is 0 Å². The summed E-state index contributed by atoms with van der Waals surface area (Å²) in [4.78, 5) is 17.8. The molecule has 0 N–H and O–H groups in total. The Labute approximate surface area is 284 Å². The molecular weight excluding hydrogens is 759 g/mol. The molecule has 0 amide bonds. The Morgan fingerprint density at radius 1 is 0.723 bits per heavy atom. The third kappa shape index (κ3) is 5.47. The molecule has 47 heavy (non-hydrogen) atoms. The fraction of sp³-hybridized carbons (Fsp3) is 0. The first-order valence-corrected chi connectivity index (χ1v) is 14.7. The summed E-state index contributed by atoms with van der Waals surface area (Å²) < 4.78 is 8.34. The average Bonchev–Trinajstić information content (AvgIpc) is 3.68. The first kappa shape index (κ1) is 29.8. The third-order valence-corrected chi connectivity index (χ3v) is 7.80. The zero-order valence-electron chi connectivity index (χ0n) is 24.8. The van der Waals surface area contributed by atoms with Crippen LogP contribution in [0, 0.1) is 18.7 Å². The van der Waals surface area contributed by atoms with Crippen LogP contribution in [0.3, 0.4) is 0 Å². The van der Waals surface area contributed by atoms with Crippen molar-refractivity contribution in [2.45, 2.75) is 0 Å². The van der Waals surface area contributed by atoms with E-state index in [4.69, 9.17) is 21.0 Å². The van der Waals surface area contributed by atoms with Crippen LogP contribution in [0.15, 0.2) is 144 Å². The molecule has 0 aliphatic carbocycles. The molecule has 0 spiro atoms. The van der Waals surface area contributed by atoms with Crippen LogP contribution in [0.2, 0.25) is 0 Å². The molecule has 5 aromatic carbocycles. The number of pyridine rings is 1. The monoisotopic (exact) mass is 782 g/mol. The Hall–Kier alpha value is -5.93. The molecule has 0 saturated carbocycles. The fourth-order valence-electron chi connectivity index (χ4n) is 5.73. The van der Waals surface area contributed by atoms with Crippen LogP contribution in [-0.4, -0.2) is 19.5 Å². The largest absolute Gasteiger partial charge is 0.501 e. The summed E-state index contributed by atoms with van der Waals surface area (Å²) in [6.45, 7) is 7.61. The van der Waals surface area contributed by atoms with Crippen LogP contribution < -0.4 is 0 Å². The summed E-state index contributed by atoms with van der Waals surface area (Å²) in [5.74, 6) is 0. The van der Waals surface area contributed by atoms with Crippen molar-refractivity contribution in [3.05, 3.63) is 163 Å². The molecule has 0 bridgehead atoms. The van der Waals surface area contributed by atoms with Crippen molar-refractivity contribution in [1.82, 2.24) is 19.5 Å². The van der Waals surface area contributed by atoms with Crippen molar-refractivity contribution in [3.8, 4) is 28.2 Å². The maximum Gasteiger partial charge on any atom is 0.155 e. The van der Waals surface area contributed by atoms with Crippen molar-refractivity contribution in [1.29, 1.82) is 0 Å².